The predicted molar refractivity (Wildman–Crippen MR) is 131 cm³/mol. The fourth-order valence-electron chi connectivity index (χ4n) is 5.09. The summed E-state index contributed by atoms with van der Waals surface area (Å²) in [7, 11) is 1.76. The van der Waals surface area contributed by atoms with E-state index < -0.39 is 12.0 Å². The first-order valence-electron chi connectivity index (χ1n) is 12.2. The molecule has 2 saturated carbocycles. The summed E-state index contributed by atoms with van der Waals surface area (Å²) in [5.41, 5.74) is 3.03. The molecule has 0 N–H and O–H groups in total. The van der Waals surface area contributed by atoms with Crippen LogP contribution >= 0.6 is 11.6 Å². The summed E-state index contributed by atoms with van der Waals surface area (Å²) in [4.78, 5) is 0. The second-order valence-electron chi connectivity index (χ2n) is 9.52. The fraction of sp³-hybridized carbons (Fsp3) is 0.571. The fourth-order valence-corrected chi connectivity index (χ4v) is 5.20. The Hall–Kier alpha value is -1.52. The van der Waals surface area contributed by atoms with Crippen molar-refractivity contribution >= 4 is 11.6 Å². The third-order valence-electron chi connectivity index (χ3n) is 7.18. The number of alkyl halides is 2. The molecule has 182 valence electrons. The topological polar surface area (TPSA) is 9.23 Å². The van der Waals surface area contributed by atoms with Gasteiger partial charge in [0.1, 0.15) is 12.0 Å². The highest BCUT2D eigenvalue weighted by molar-refractivity contribution is 6.30. The lowest BCUT2D eigenvalue weighted by Crippen LogP contribution is -2.18. The van der Waals surface area contributed by atoms with Crippen molar-refractivity contribution in [2.24, 2.45) is 11.8 Å². The van der Waals surface area contributed by atoms with Crippen molar-refractivity contribution in [3.8, 4) is 11.1 Å². The van der Waals surface area contributed by atoms with Gasteiger partial charge in [0.25, 0.3) is 0 Å². The number of ether oxygens (including phenoxy) is 1. The van der Waals surface area contributed by atoms with Gasteiger partial charge < -0.3 is 4.74 Å². The van der Waals surface area contributed by atoms with E-state index in [1.807, 2.05) is 18.2 Å². The van der Waals surface area contributed by atoms with Gasteiger partial charge in [0.15, 0.2) is 0 Å². The summed E-state index contributed by atoms with van der Waals surface area (Å²) >= 11 is 5.70. The monoisotopic (exact) mass is 480 g/mol. The smallest absolute Gasteiger partial charge is 0.142 e. The first-order chi connectivity index (χ1) is 16.0. The summed E-state index contributed by atoms with van der Waals surface area (Å²) in [5.74, 6) is 1.45. The molecule has 33 heavy (non-hydrogen) atoms. The van der Waals surface area contributed by atoms with E-state index in [1.54, 1.807) is 13.2 Å². The van der Waals surface area contributed by atoms with E-state index >= 15 is 0 Å². The van der Waals surface area contributed by atoms with Gasteiger partial charge >= 0.3 is 0 Å². The Kier molecular flexibility index (Phi) is 10.6. The first kappa shape index (κ1) is 26.1. The molecule has 0 atom stereocenters. The highest BCUT2D eigenvalue weighted by Crippen LogP contribution is 2.35. The third-order valence-corrected chi connectivity index (χ3v) is 7.48. The van der Waals surface area contributed by atoms with Crippen molar-refractivity contribution < 1.29 is 17.9 Å². The van der Waals surface area contributed by atoms with Gasteiger partial charge in [-0.25, -0.2) is 8.78 Å². The normalized spacial score (nSPS) is 25.2. The molecule has 0 amide bonds. The summed E-state index contributed by atoms with van der Waals surface area (Å²) in [5, 5.41) is 0.137. The Morgan fingerprint density at radius 3 is 2.03 bits per heavy atom. The Morgan fingerprint density at radius 1 is 0.848 bits per heavy atom. The van der Waals surface area contributed by atoms with Crippen molar-refractivity contribution in [3.63, 3.8) is 0 Å². The number of hydrogen-bond acceptors (Lipinski definition) is 1. The Bertz CT molecular complexity index is 812. The number of hydrogen-bond donors (Lipinski definition) is 0. The molecule has 4 rings (SSSR count). The maximum atomic E-state index is 13.5. The summed E-state index contributed by atoms with van der Waals surface area (Å²) in [6.45, 7) is 0.752. The van der Waals surface area contributed by atoms with Gasteiger partial charge in [-0.05, 0) is 91.5 Å². The average Bonchev–Trinajstić information content (AvgIpc) is 2.84. The van der Waals surface area contributed by atoms with Crippen LogP contribution in [0, 0.1) is 17.7 Å². The average molecular weight is 481 g/mol. The summed E-state index contributed by atoms with van der Waals surface area (Å²) < 4.78 is 43.8. The van der Waals surface area contributed by atoms with E-state index in [4.69, 9.17) is 16.3 Å². The number of benzene rings is 2. The van der Waals surface area contributed by atoms with Gasteiger partial charge in [-0.3, -0.25) is 4.39 Å². The van der Waals surface area contributed by atoms with Crippen molar-refractivity contribution in [1.82, 2.24) is 0 Å². The zero-order chi connectivity index (χ0) is 23.6. The predicted octanol–water partition coefficient (Wildman–Crippen LogP) is 8.94. The molecule has 2 aromatic rings. The quantitative estimate of drug-likeness (QED) is 0.401. The van der Waals surface area contributed by atoms with Crippen LogP contribution in [0.2, 0.25) is 5.02 Å². The van der Waals surface area contributed by atoms with Crippen LogP contribution in [0.15, 0.2) is 42.5 Å². The summed E-state index contributed by atoms with van der Waals surface area (Å²) in [6.07, 6.45) is 8.18. The zero-order valence-corrected chi connectivity index (χ0v) is 20.3. The number of methoxy groups -OCH3 is 1. The van der Waals surface area contributed by atoms with Crippen LogP contribution in [0.1, 0.15) is 69.3 Å². The molecule has 2 fully saturated rings. The molecular weight excluding hydrogens is 445 g/mol. The highest BCUT2D eigenvalue weighted by atomic mass is 35.5. The van der Waals surface area contributed by atoms with Gasteiger partial charge in [0.2, 0.25) is 0 Å². The van der Waals surface area contributed by atoms with E-state index in [-0.39, 0.29) is 11.7 Å². The molecule has 0 heterocycles. The highest BCUT2D eigenvalue weighted by Gasteiger charge is 2.22. The van der Waals surface area contributed by atoms with E-state index in [0.717, 1.165) is 42.9 Å². The van der Waals surface area contributed by atoms with E-state index in [1.165, 1.54) is 37.3 Å². The molecule has 0 spiro atoms. The first-order valence-corrected chi connectivity index (χ1v) is 12.6. The second-order valence-corrected chi connectivity index (χ2v) is 9.93. The maximum Gasteiger partial charge on any atom is 0.142 e. The van der Waals surface area contributed by atoms with Gasteiger partial charge in [-0.15, -0.1) is 0 Å². The van der Waals surface area contributed by atoms with Crippen molar-refractivity contribution in [2.75, 3.05) is 20.4 Å². The zero-order valence-electron chi connectivity index (χ0n) is 19.5. The summed E-state index contributed by atoms with van der Waals surface area (Å²) in [6, 6.07) is 13.0. The molecule has 0 saturated heterocycles. The molecule has 0 bridgehead atoms. The molecule has 0 aliphatic heterocycles. The molecule has 1 nitrogen and oxygen atoms in total. The lowest BCUT2D eigenvalue weighted by atomic mass is 9.81. The van der Waals surface area contributed by atoms with Gasteiger partial charge in [-0.2, -0.15) is 0 Å². The van der Waals surface area contributed by atoms with Crippen molar-refractivity contribution in [2.45, 2.75) is 69.9 Å². The van der Waals surface area contributed by atoms with Crippen molar-refractivity contribution in [3.05, 3.63) is 58.9 Å². The third kappa shape index (κ3) is 8.03. The van der Waals surface area contributed by atoms with Gasteiger partial charge in [0, 0.05) is 13.7 Å². The van der Waals surface area contributed by atoms with Crippen LogP contribution in [-0.4, -0.2) is 26.6 Å². The van der Waals surface area contributed by atoms with E-state index in [2.05, 4.69) is 12.1 Å². The molecule has 2 aromatic carbocycles. The van der Waals surface area contributed by atoms with Crippen LogP contribution in [0.5, 0.6) is 0 Å². The van der Waals surface area contributed by atoms with E-state index in [9.17, 15) is 13.2 Å². The Labute approximate surface area is 201 Å². The largest absolute Gasteiger partial charge is 0.384 e. The van der Waals surface area contributed by atoms with Crippen molar-refractivity contribution in [1.29, 1.82) is 0 Å². The van der Waals surface area contributed by atoms with Crippen LogP contribution < -0.4 is 0 Å². The molecule has 5 heteroatoms. The minimum absolute atomic E-state index is 0.137. The molecule has 0 radical (unpaired) electrons. The lowest BCUT2D eigenvalue weighted by molar-refractivity contribution is 0.116. The molecule has 2 aliphatic rings. The minimum atomic E-state index is -0.627. The van der Waals surface area contributed by atoms with Gasteiger partial charge in [-0.1, -0.05) is 54.8 Å². The lowest BCUT2D eigenvalue weighted by Gasteiger charge is -2.27. The van der Waals surface area contributed by atoms with E-state index in [0.29, 0.717) is 24.7 Å². The van der Waals surface area contributed by atoms with Gasteiger partial charge in [0.05, 0.1) is 11.7 Å². The Balaban J connectivity index is 0.000000218. The number of rotatable bonds is 6. The molecule has 2 aliphatic carbocycles. The molecule has 0 aromatic heterocycles. The maximum absolute atomic E-state index is 13.5. The number of halogens is 4. The minimum Gasteiger partial charge on any atom is -0.384 e. The van der Waals surface area contributed by atoms with Crippen LogP contribution in [0.4, 0.5) is 13.2 Å². The standard InChI is InChI=1S/C18H17ClF2.C10H19FO/c19-17-10-7-15(11-18(17)21)14-3-1-12(2-4-14)13-5-8-16(20)9-6-13;1-12-8-10-4-2-9(3-5-10)6-7-11/h1-4,7,10-11,13,16H,5-6,8-9H2;9-10H,2-8H2,1H3. The van der Waals surface area contributed by atoms with Crippen LogP contribution in [-0.2, 0) is 4.74 Å². The Morgan fingerprint density at radius 2 is 1.45 bits per heavy atom. The molecule has 0 unspecified atom stereocenters. The molecular formula is C28H36ClF3O. The van der Waals surface area contributed by atoms with Crippen LogP contribution in [0.3, 0.4) is 0 Å². The second kappa shape index (κ2) is 13.4. The SMILES string of the molecule is COCC1CCC(CCF)CC1.Fc1cc(-c2ccc(C3CCC(F)CC3)cc2)ccc1Cl. The van der Waals surface area contributed by atoms with Crippen LogP contribution in [0.25, 0.3) is 11.1 Å².